The largest absolute Gasteiger partial charge is 0.496 e. The molecule has 0 heterocycles. The zero-order chi connectivity index (χ0) is 15.3. The molecule has 0 fully saturated rings. The Hall–Kier alpha value is -1.95. The van der Waals surface area contributed by atoms with Crippen molar-refractivity contribution in [3.05, 3.63) is 22.7 Å². The Bertz CT molecular complexity index is 519. The average molecular weight is 301 g/mol. The molecule has 1 atom stereocenters. The van der Waals surface area contributed by atoms with Crippen molar-refractivity contribution < 1.29 is 19.1 Å². The summed E-state index contributed by atoms with van der Waals surface area (Å²) in [7, 11) is 2.68. The number of halogens is 1. The van der Waals surface area contributed by atoms with Crippen LogP contribution in [0.15, 0.2) is 12.1 Å². The molecule has 0 saturated heterocycles. The van der Waals surface area contributed by atoms with Gasteiger partial charge >= 0.3 is 5.97 Å². The molecule has 3 N–H and O–H groups in total. The molecule has 0 saturated carbocycles. The summed E-state index contributed by atoms with van der Waals surface area (Å²) in [5.41, 5.74) is 6.15. The van der Waals surface area contributed by atoms with Crippen molar-refractivity contribution in [1.29, 1.82) is 0 Å². The highest BCUT2D eigenvalue weighted by Gasteiger charge is 2.22. The summed E-state index contributed by atoms with van der Waals surface area (Å²) in [5, 5.41) is 2.80. The Morgan fingerprint density at radius 3 is 2.55 bits per heavy atom. The van der Waals surface area contributed by atoms with Gasteiger partial charge in [0.1, 0.15) is 11.8 Å². The number of nitrogens with two attached hydrogens (primary N) is 1. The third-order valence-electron chi connectivity index (χ3n) is 2.76. The second-order valence-corrected chi connectivity index (χ2v) is 4.44. The van der Waals surface area contributed by atoms with E-state index in [1.165, 1.54) is 26.4 Å². The maximum Gasteiger partial charge on any atom is 0.328 e. The summed E-state index contributed by atoms with van der Waals surface area (Å²) >= 11 is 5.89. The maximum absolute atomic E-state index is 12.2. The fourth-order valence-electron chi connectivity index (χ4n) is 1.62. The summed E-state index contributed by atoms with van der Waals surface area (Å²) in [6.07, 6.45) is 0.406. The summed E-state index contributed by atoms with van der Waals surface area (Å²) in [6, 6.07) is 2.12. The number of esters is 1. The monoisotopic (exact) mass is 300 g/mol. The van der Waals surface area contributed by atoms with Gasteiger partial charge in [0.05, 0.1) is 30.5 Å². The standard InChI is InChI=1S/C13H17ClN2O4/c1-4-10(13(18)20-3)16-12(17)7-5-8(14)9(15)6-11(7)19-2/h5-6,10H,4,15H2,1-3H3,(H,16,17). The highest BCUT2D eigenvalue weighted by Crippen LogP contribution is 2.28. The van der Waals surface area contributed by atoms with E-state index < -0.39 is 17.9 Å². The fraction of sp³-hybridized carbons (Fsp3) is 0.385. The molecule has 0 aliphatic carbocycles. The topological polar surface area (TPSA) is 90.7 Å². The lowest BCUT2D eigenvalue weighted by Gasteiger charge is -2.16. The minimum atomic E-state index is -0.728. The van der Waals surface area contributed by atoms with E-state index in [0.717, 1.165) is 0 Å². The molecule has 0 aromatic heterocycles. The number of nitrogens with one attached hydrogen (secondary N) is 1. The van der Waals surface area contributed by atoms with E-state index in [4.69, 9.17) is 22.1 Å². The number of nitrogen functional groups attached to an aromatic ring is 1. The smallest absolute Gasteiger partial charge is 0.328 e. The van der Waals surface area contributed by atoms with Crippen LogP contribution in [0.4, 0.5) is 5.69 Å². The molecule has 0 bridgehead atoms. The number of ether oxygens (including phenoxy) is 2. The summed E-state index contributed by atoms with van der Waals surface area (Å²) in [4.78, 5) is 23.7. The number of carbonyl (C=O) groups excluding carboxylic acids is 2. The number of rotatable bonds is 5. The molecule has 6 nitrogen and oxygen atoms in total. The number of hydrogen-bond donors (Lipinski definition) is 2. The number of hydrogen-bond acceptors (Lipinski definition) is 5. The molecule has 110 valence electrons. The maximum atomic E-state index is 12.2. The van der Waals surface area contributed by atoms with Crippen LogP contribution in [0, 0.1) is 0 Å². The molecule has 1 amide bonds. The highest BCUT2D eigenvalue weighted by molar-refractivity contribution is 6.33. The van der Waals surface area contributed by atoms with Gasteiger partial charge in [0.15, 0.2) is 0 Å². The van der Waals surface area contributed by atoms with Crippen LogP contribution in [0.2, 0.25) is 5.02 Å². The van der Waals surface area contributed by atoms with Crippen molar-refractivity contribution in [1.82, 2.24) is 5.32 Å². The minimum absolute atomic E-state index is 0.203. The van der Waals surface area contributed by atoms with E-state index in [1.807, 2.05) is 0 Å². The van der Waals surface area contributed by atoms with Crippen molar-refractivity contribution in [2.24, 2.45) is 0 Å². The van der Waals surface area contributed by atoms with Crippen molar-refractivity contribution in [3.63, 3.8) is 0 Å². The van der Waals surface area contributed by atoms with E-state index in [-0.39, 0.29) is 16.3 Å². The molecule has 0 radical (unpaired) electrons. The number of amides is 1. The molecule has 0 aliphatic rings. The number of benzene rings is 1. The Balaban J connectivity index is 3.02. The van der Waals surface area contributed by atoms with Crippen molar-refractivity contribution in [3.8, 4) is 5.75 Å². The van der Waals surface area contributed by atoms with Gasteiger partial charge in [-0.15, -0.1) is 0 Å². The van der Waals surface area contributed by atoms with Crippen LogP contribution in [-0.4, -0.2) is 32.1 Å². The van der Waals surface area contributed by atoms with Gasteiger partial charge in [0, 0.05) is 6.07 Å². The lowest BCUT2D eigenvalue weighted by molar-refractivity contribution is -0.142. The van der Waals surface area contributed by atoms with E-state index in [9.17, 15) is 9.59 Å². The lowest BCUT2D eigenvalue weighted by atomic mass is 10.1. The van der Waals surface area contributed by atoms with Crippen molar-refractivity contribution in [2.75, 3.05) is 20.0 Å². The van der Waals surface area contributed by atoms with Gasteiger partial charge in [-0.25, -0.2) is 4.79 Å². The van der Waals surface area contributed by atoms with Gasteiger partial charge < -0.3 is 20.5 Å². The van der Waals surface area contributed by atoms with Gasteiger partial charge in [0.25, 0.3) is 5.91 Å². The van der Waals surface area contributed by atoms with Crippen molar-refractivity contribution in [2.45, 2.75) is 19.4 Å². The SMILES string of the molecule is CCC(NC(=O)c1cc(Cl)c(N)cc1OC)C(=O)OC. The molecular formula is C13H17ClN2O4. The number of carbonyl (C=O) groups is 2. The Labute approximate surface area is 122 Å². The Kier molecular flexibility index (Phi) is 5.64. The molecule has 1 aromatic rings. The Morgan fingerprint density at radius 1 is 1.40 bits per heavy atom. The lowest BCUT2D eigenvalue weighted by Crippen LogP contribution is -2.41. The highest BCUT2D eigenvalue weighted by atomic mass is 35.5. The van der Waals surface area contributed by atoms with E-state index >= 15 is 0 Å². The van der Waals surface area contributed by atoms with Crippen LogP contribution < -0.4 is 15.8 Å². The second-order valence-electron chi connectivity index (χ2n) is 4.03. The van der Waals surface area contributed by atoms with Gasteiger partial charge in [-0.2, -0.15) is 0 Å². The fourth-order valence-corrected chi connectivity index (χ4v) is 1.79. The van der Waals surface area contributed by atoms with E-state index in [1.54, 1.807) is 6.92 Å². The molecule has 20 heavy (non-hydrogen) atoms. The predicted molar refractivity (Wildman–Crippen MR) is 76.0 cm³/mol. The zero-order valence-corrected chi connectivity index (χ0v) is 12.3. The van der Waals surface area contributed by atoms with Crippen LogP contribution in [0.1, 0.15) is 23.7 Å². The normalized spacial score (nSPS) is 11.6. The zero-order valence-electron chi connectivity index (χ0n) is 11.5. The van der Waals surface area contributed by atoms with E-state index in [2.05, 4.69) is 10.1 Å². The predicted octanol–water partition coefficient (Wildman–Crippen LogP) is 1.61. The first-order chi connectivity index (χ1) is 9.44. The van der Waals surface area contributed by atoms with Gasteiger partial charge in [-0.1, -0.05) is 18.5 Å². The van der Waals surface area contributed by atoms with Crippen LogP contribution in [0.5, 0.6) is 5.75 Å². The minimum Gasteiger partial charge on any atom is -0.496 e. The third-order valence-corrected chi connectivity index (χ3v) is 3.09. The first-order valence-corrected chi connectivity index (χ1v) is 6.34. The quantitative estimate of drug-likeness (QED) is 0.637. The number of anilines is 1. The van der Waals surface area contributed by atoms with Crippen LogP contribution in [0.25, 0.3) is 0 Å². The molecule has 1 aromatic carbocycles. The number of methoxy groups -OCH3 is 2. The van der Waals surface area contributed by atoms with Gasteiger partial charge in [-0.3, -0.25) is 4.79 Å². The molecule has 1 rings (SSSR count). The van der Waals surface area contributed by atoms with Crippen LogP contribution in [0.3, 0.4) is 0 Å². The van der Waals surface area contributed by atoms with Gasteiger partial charge in [0.2, 0.25) is 0 Å². The van der Waals surface area contributed by atoms with Crippen LogP contribution >= 0.6 is 11.6 Å². The molecular weight excluding hydrogens is 284 g/mol. The third kappa shape index (κ3) is 3.54. The molecule has 0 aliphatic heterocycles. The molecule has 0 spiro atoms. The molecule has 7 heteroatoms. The molecule has 1 unspecified atom stereocenters. The first kappa shape index (κ1) is 16.1. The van der Waals surface area contributed by atoms with E-state index in [0.29, 0.717) is 12.1 Å². The van der Waals surface area contributed by atoms with Crippen LogP contribution in [-0.2, 0) is 9.53 Å². The summed E-state index contributed by atoms with van der Waals surface area (Å²) in [6.45, 7) is 1.76. The van der Waals surface area contributed by atoms with Crippen molar-refractivity contribution >= 4 is 29.2 Å². The summed E-state index contributed by atoms with van der Waals surface area (Å²) < 4.78 is 9.70. The summed E-state index contributed by atoms with van der Waals surface area (Å²) in [5.74, 6) is -0.716. The first-order valence-electron chi connectivity index (χ1n) is 5.96. The Morgan fingerprint density at radius 2 is 2.05 bits per heavy atom. The van der Waals surface area contributed by atoms with Gasteiger partial charge in [-0.05, 0) is 12.5 Å². The average Bonchev–Trinajstić information content (AvgIpc) is 2.45. The second kappa shape index (κ2) is 7.00.